The Morgan fingerprint density at radius 1 is 1.19 bits per heavy atom. The van der Waals surface area contributed by atoms with Gasteiger partial charge in [0.1, 0.15) is 6.54 Å². The summed E-state index contributed by atoms with van der Waals surface area (Å²) in [5.74, 6) is -0.0130. The van der Waals surface area contributed by atoms with Gasteiger partial charge in [-0.15, -0.1) is 0 Å². The summed E-state index contributed by atoms with van der Waals surface area (Å²) < 4.78 is 0.853. The molecule has 21 heavy (non-hydrogen) atoms. The molecule has 1 fully saturated rings. The Bertz CT molecular complexity index is 692. The molecule has 0 N–H and O–H groups in total. The first kappa shape index (κ1) is 14.2. The Hall–Kier alpha value is -1.79. The molecule has 0 bridgehead atoms. The Labute approximate surface area is 136 Å². The van der Waals surface area contributed by atoms with E-state index in [0.29, 0.717) is 18.2 Å². The number of hydrogen-bond donors (Lipinski definition) is 0. The molecular weight excluding hydrogens is 350 g/mol. The number of pyridine rings is 1. The fraction of sp³-hybridized carbons (Fsp3) is 0.133. The number of anilines is 1. The summed E-state index contributed by atoms with van der Waals surface area (Å²) in [4.78, 5) is 19.8. The Morgan fingerprint density at radius 2 is 1.90 bits per heavy atom. The molecule has 0 spiro atoms. The van der Waals surface area contributed by atoms with E-state index in [2.05, 4.69) is 20.9 Å². The average Bonchev–Trinajstić information content (AvgIpc) is 2.76. The van der Waals surface area contributed by atoms with Crippen molar-refractivity contribution in [3.8, 4) is 0 Å². The van der Waals surface area contributed by atoms with E-state index in [1.807, 2.05) is 41.3 Å². The summed E-state index contributed by atoms with van der Waals surface area (Å²) in [6.45, 7) is 0.899. The van der Waals surface area contributed by atoms with Gasteiger partial charge in [0.05, 0.1) is 5.69 Å². The molecule has 2 heterocycles. The van der Waals surface area contributed by atoms with E-state index in [9.17, 15) is 4.79 Å². The van der Waals surface area contributed by atoms with Crippen LogP contribution in [0.15, 0.2) is 53.3 Å². The number of carbonyl (C=O) groups is 1. The maximum atomic E-state index is 12.3. The third kappa shape index (κ3) is 2.82. The first-order valence-corrected chi connectivity index (χ1v) is 7.62. The van der Waals surface area contributed by atoms with E-state index in [0.717, 1.165) is 15.7 Å². The zero-order valence-electron chi connectivity index (χ0n) is 11.1. The van der Waals surface area contributed by atoms with Crippen LogP contribution in [0.3, 0.4) is 0 Å². The van der Waals surface area contributed by atoms with Gasteiger partial charge in [-0.2, -0.15) is 0 Å². The van der Waals surface area contributed by atoms with Gasteiger partial charge < -0.3 is 4.90 Å². The number of thiocarbonyl (C=S) groups is 1. The molecule has 106 valence electrons. The van der Waals surface area contributed by atoms with Gasteiger partial charge in [-0.1, -0.05) is 12.1 Å². The number of hydrogen-bond acceptors (Lipinski definition) is 3. The van der Waals surface area contributed by atoms with E-state index >= 15 is 0 Å². The SMILES string of the molecule is O=C1CN(Cc2ccncc2)C(=S)N1c1ccccc1Br. The van der Waals surface area contributed by atoms with Gasteiger partial charge >= 0.3 is 0 Å². The van der Waals surface area contributed by atoms with Crippen LogP contribution in [0.5, 0.6) is 0 Å². The number of aromatic nitrogens is 1. The molecule has 6 heteroatoms. The van der Waals surface area contributed by atoms with Crippen LogP contribution in [0.25, 0.3) is 0 Å². The summed E-state index contributed by atoms with van der Waals surface area (Å²) in [5.41, 5.74) is 1.86. The summed E-state index contributed by atoms with van der Waals surface area (Å²) >= 11 is 8.94. The summed E-state index contributed by atoms with van der Waals surface area (Å²) in [7, 11) is 0. The monoisotopic (exact) mass is 361 g/mol. The van der Waals surface area contributed by atoms with Gasteiger partial charge in [-0.25, -0.2) is 0 Å². The van der Waals surface area contributed by atoms with Crippen molar-refractivity contribution in [2.75, 3.05) is 11.4 Å². The van der Waals surface area contributed by atoms with Gasteiger partial charge in [0.2, 0.25) is 0 Å². The minimum atomic E-state index is -0.0130. The molecule has 1 aliphatic rings. The average molecular weight is 362 g/mol. The Morgan fingerprint density at radius 3 is 2.62 bits per heavy atom. The number of halogens is 1. The van der Waals surface area contributed by atoms with Crippen molar-refractivity contribution in [3.05, 3.63) is 58.8 Å². The molecule has 1 aromatic carbocycles. The molecule has 0 saturated carbocycles. The van der Waals surface area contributed by atoms with Crippen molar-refractivity contribution < 1.29 is 4.79 Å². The van der Waals surface area contributed by atoms with Crippen molar-refractivity contribution in [3.63, 3.8) is 0 Å². The number of carbonyl (C=O) groups excluding carboxylic acids is 1. The van der Waals surface area contributed by atoms with E-state index in [4.69, 9.17) is 12.2 Å². The van der Waals surface area contributed by atoms with Crippen LogP contribution in [0.1, 0.15) is 5.56 Å². The first-order valence-electron chi connectivity index (χ1n) is 6.42. The lowest BCUT2D eigenvalue weighted by atomic mass is 10.2. The van der Waals surface area contributed by atoms with Crippen LogP contribution in [0.2, 0.25) is 0 Å². The lowest BCUT2D eigenvalue weighted by Crippen LogP contribution is -2.32. The molecule has 0 atom stereocenters. The van der Waals surface area contributed by atoms with Crippen LogP contribution in [0.4, 0.5) is 5.69 Å². The van der Waals surface area contributed by atoms with Crippen LogP contribution in [-0.2, 0) is 11.3 Å². The molecule has 3 rings (SSSR count). The molecule has 1 saturated heterocycles. The molecule has 1 aliphatic heterocycles. The summed E-state index contributed by atoms with van der Waals surface area (Å²) in [6, 6.07) is 11.4. The zero-order chi connectivity index (χ0) is 14.8. The highest BCUT2D eigenvalue weighted by atomic mass is 79.9. The highest BCUT2D eigenvalue weighted by Crippen LogP contribution is 2.29. The normalized spacial score (nSPS) is 14.9. The second-order valence-electron chi connectivity index (χ2n) is 4.67. The largest absolute Gasteiger partial charge is 0.335 e. The molecule has 1 amide bonds. The topological polar surface area (TPSA) is 36.4 Å². The molecule has 2 aromatic rings. The lowest BCUT2D eigenvalue weighted by molar-refractivity contribution is -0.116. The van der Waals surface area contributed by atoms with Crippen LogP contribution < -0.4 is 4.90 Å². The fourth-order valence-electron chi connectivity index (χ4n) is 2.25. The van der Waals surface area contributed by atoms with Gasteiger partial charge in [0, 0.05) is 23.4 Å². The van der Waals surface area contributed by atoms with E-state index in [-0.39, 0.29) is 5.91 Å². The number of nitrogens with zero attached hydrogens (tertiary/aromatic N) is 3. The zero-order valence-corrected chi connectivity index (χ0v) is 13.5. The highest BCUT2D eigenvalue weighted by molar-refractivity contribution is 9.10. The summed E-state index contributed by atoms with van der Waals surface area (Å²) in [6.07, 6.45) is 3.48. The van der Waals surface area contributed by atoms with Crippen molar-refractivity contribution in [1.29, 1.82) is 0 Å². The van der Waals surface area contributed by atoms with Crippen molar-refractivity contribution >= 4 is 44.9 Å². The third-order valence-corrected chi connectivity index (χ3v) is 4.36. The molecule has 4 nitrogen and oxygen atoms in total. The second-order valence-corrected chi connectivity index (χ2v) is 5.89. The lowest BCUT2D eigenvalue weighted by Gasteiger charge is -2.21. The minimum absolute atomic E-state index is 0.0130. The number of amides is 1. The smallest absolute Gasteiger partial charge is 0.252 e. The van der Waals surface area contributed by atoms with Crippen LogP contribution in [-0.4, -0.2) is 27.4 Å². The minimum Gasteiger partial charge on any atom is -0.335 e. The van der Waals surface area contributed by atoms with Crippen molar-refractivity contribution in [1.82, 2.24) is 9.88 Å². The molecule has 0 unspecified atom stereocenters. The fourth-order valence-corrected chi connectivity index (χ4v) is 3.04. The number of rotatable bonds is 3. The first-order chi connectivity index (χ1) is 10.2. The maximum Gasteiger partial charge on any atom is 0.252 e. The molecule has 0 radical (unpaired) electrons. The second kappa shape index (κ2) is 5.91. The van der Waals surface area contributed by atoms with Gasteiger partial charge in [0.25, 0.3) is 5.91 Å². The standard InChI is InChI=1S/C15H12BrN3OS/c16-12-3-1-2-4-13(12)19-14(20)10-18(15(19)21)9-11-5-7-17-8-6-11/h1-8H,9-10H2. The van der Waals surface area contributed by atoms with Gasteiger partial charge in [-0.3, -0.25) is 14.7 Å². The van der Waals surface area contributed by atoms with E-state index in [1.54, 1.807) is 17.3 Å². The van der Waals surface area contributed by atoms with Crippen molar-refractivity contribution in [2.45, 2.75) is 6.54 Å². The predicted octanol–water partition coefficient (Wildman–Crippen LogP) is 2.98. The molecular formula is C15H12BrN3OS. The Kier molecular flexibility index (Phi) is 3.98. The third-order valence-electron chi connectivity index (χ3n) is 3.25. The van der Waals surface area contributed by atoms with Crippen LogP contribution in [0, 0.1) is 0 Å². The number of para-hydroxylation sites is 1. The van der Waals surface area contributed by atoms with E-state index in [1.165, 1.54) is 0 Å². The molecule has 0 aliphatic carbocycles. The molecule has 1 aromatic heterocycles. The quantitative estimate of drug-likeness (QED) is 0.787. The van der Waals surface area contributed by atoms with E-state index < -0.39 is 0 Å². The maximum absolute atomic E-state index is 12.3. The predicted molar refractivity (Wildman–Crippen MR) is 88.9 cm³/mol. The van der Waals surface area contributed by atoms with Crippen molar-refractivity contribution in [2.24, 2.45) is 0 Å². The van der Waals surface area contributed by atoms with Gasteiger partial charge in [-0.05, 0) is 58.0 Å². The Balaban J connectivity index is 1.84. The summed E-state index contributed by atoms with van der Waals surface area (Å²) in [5, 5.41) is 0.531. The number of benzene rings is 1. The highest BCUT2D eigenvalue weighted by Gasteiger charge is 2.34. The van der Waals surface area contributed by atoms with Gasteiger partial charge in [0.15, 0.2) is 5.11 Å². The van der Waals surface area contributed by atoms with Crippen LogP contribution >= 0.6 is 28.1 Å².